The highest BCUT2D eigenvalue weighted by atomic mass is 16.3. The van der Waals surface area contributed by atoms with Crippen LogP contribution < -0.4 is 0 Å². The summed E-state index contributed by atoms with van der Waals surface area (Å²) in [7, 11) is 0. The molecule has 0 bridgehead atoms. The van der Waals surface area contributed by atoms with E-state index in [0.29, 0.717) is 0 Å². The number of hydrogen-bond donors (Lipinski definition) is 1. The molecule has 0 radical (unpaired) electrons. The van der Waals surface area contributed by atoms with Gasteiger partial charge in [0.2, 0.25) is 0 Å². The van der Waals surface area contributed by atoms with E-state index in [9.17, 15) is 5.11 Å². The summed E-state index contributed by atoms with van der Waals surface area (Å²) in [6, 6.07) is 8.90. The van der Waals surface area contributed by atoms with E-state index in [1.165, 1.54) is 31.2 Å². The highest BCUT2D eigenvalue weighted by molar-refractivity contribution is 5.27. The monoisotopic (exact) mass is 247 g/mol. The van der Waals surface area contributed by atoms with E-state index in [2.05, 4.69) is 24.8 Å². The summed E-state index contributed by atoms with van der Waals surface area (Å²) in [6.45, 7) is 6.22. The number of unbranched alkanes of at least 4 members (excludes halogenated alkanes) is 1. The molecule has 0 spiro atoms. The number of hydrogen-bond acceptors (Lipinski definition) is 2. The van der Waals surface area contributed by atoms with Gasteiger partial charge in [-0.15, -0.1) is 0 Å². The lowest BCUT2D eigenvalue weighted by molar-refractivity contribution is 0.107. The van der Waals surface area contributed by atoms with Crippen LogP contribution in [0.15, 0.2) is 24.3 Å². The minimum Gasteiger partial charge on any atom is -0.387 e. The predicted molar refractivity (Wildman–Crippen MR) is 75.6 cm³/mol. The predicted octanol–water partition coefficient (Wildman–Crippen LogP) is 3.29. The lowest BCUT2D eigenvalue weighted by Crippen LogP contribution is -2.32. The summed E-state index contributed by atoms with van der Waals surface area (Å²) in [6.07, 6.45) is 4.73. The van der Waals surface area contributed by atoms with Crippen LogP contribution in [0.3, 0.4) is 0 Å². The quantitative estimate of drug-likeness (QED) is 0.799. The molecule has 1 aliphatic carbocycles. The Labute approximate surface area is 111 Å². The van der Waals surface area contributed by atoms with Crippen molar-refractivity contribution in [1.82, 2.24) is 4.90 Å². The summed E-state index contributed by atoms with van der Waals surface area (Å²) < 4.78 is 0. The van der Waals surface area contributed by atoms with Crippen LogP contribution in [0.5, 0.6) is 0 Å². The minimum absolute atomic E-state index is 0.344. The number of rotatable bonds is 7. The van der Waals surface area contributed by atoms with Crippen LogP contribution in [-0.2, 0) is 0 Å². The first-order valence-electron chi connectivity index (χ1n) is 7.20. The van der Waals surface area contributed by atoms with Gasteiger partial charge in [-0.1, -0.05) is 37.6 Å². The Morgan fingerprint density at radius 1 is 1.33 bits per heavy atom. The van der Waals surface area contributed by atoms with Crippen LogP contribution in [0, 0.1) is 6.92 Å². The summed E-state index contributed by atoms with van der Waals surface area (Å²) >= 11 is 0. The van der Waals surface area contributed by atoms with Crippen molar-refractivity contribution in [3.63, 3.8) is 0 Å². The second-order valence-electron chi connectivity index (χ2n) is 5.45. The van der Waals surface area contributed by atoms with Crippen molar-refractivity contribution in [1.29, 1.82) is 0 Å². The Balaban J connectivity index is 1.96. The largest absolute Gasteiger partial charge is 0.387 e. The third-order valence-electron chi connectivity index (χ3n) is 3.82. The van der Waals surface area contributed by atoms with Crippen molar-refractivity contribution in [3.05, 3.63) is 35.4 Å². The smallest absolute Gasteiger partial charge is 0.0919 e. The molecular formula is C16H25NO. The van der Waals surface area contributed by atoms with Gasteiger partial charge in [0.1, 0.15) is 0 Å². The van der Waals surface area contributed by atoms with Gasteiger partial charge in [-0.05, 0) is 43.9 Å². The normalized spacial score (nSPS) is 17.1. The average molecular weight is 247 g/mol. The second kappa shape index (κ2) is 6.35. The molecule has 2 rings (SSSR count). The highest BCUT2D eigenvalue weighted by Crippen LogP contribution is 2.29. The van der Waals surface area contributed by atoms with Crippen molar-refractivity contribution in [2.75, 3.05) is 13.1 Å². The zero-order chi connectivity index (χ0) is 13.0. The van der Waals surface area contributed by atoms with Crippen molar-refractivity contribution in [2.45, 2.75) is 51.7 Å². The van der Waals surface area contributed by atoms with Gasteiger partial charge in [-0.25, -0.2) is 0 Å². The molecule has 1 aromatic carbocycles. The molecular weight excluding hydrogens is 222 g/mol. The van der Waals surface area contributed by atoms with Gasteiger partial charge < -0.3 is 5.11 Å². The van der Waals surface area contributed by atoms with E-state index >= 15 is 0 Å². The topological polar surface area (TPSA) is 23.5 Å². The van der Waals surface area contributed by atoms with Crippen LogP contribution >= 0.6 is 0 Å². The fourth-order valence-electron chi connectivity index (χ4n) is 2.50. The van der Waals surface area contributed by atoms with Gasteiger partial charge in [-0.3, -0.25) is 4.90 Å². The molecule has 100 valence electrons. The number of aliphatic hydroxyl groups excluding tert-OH is 1. The maximum Gasteiger partial charge on any atom is 0.0919 e. The third-order valence-corrected chi connectivity index (χ3v) is 3.82. The van der Waals surface area contributed by atoms with Crippen molar-refractivity contribution in [3.8, 4) is 0 Å². The Morgan fingerprint density at radius 3 is 2.67 bits per heavy atom. The lowest BCUT2D eigenvalue weighted by atomic mass is 10.0. The van der Waals surface area contributed by atoms with E-state index in [4.69, 9.17) is 0 Å². The van der Waals surface area contributed by atoms with E-state index in [1.807, 2.05) is 18.2 Å². The van der Waals surface area contributed by atoms with E-state index in [0.717, 1.165) is 24.7 Å². The molecule has 2 nitrogen and oxygen atoms in total. The Morgan fingerprint density at radius 2 is 2.06 bits per heavy atom. The molecule has 1 saturated carbocycles. The van der Waals surface area contributed by atoms with E-state index in [-0.39, 0.29) is 6.10 Å². The molecule has 1 unspecified atom stereocenters. The summed E-state index contributed by atoms with van der Waals surface area (Å²) in [5.41, 5.74) is 2.27. The molecule has 1 fully saturated rings. The third kappa shape index (κ3) is 3.56. The van der Waals surface area contributed by atoms with Gasteiger partial charge in [0, 0.05) is 12.6 Å². The van der Waals surface area contributed by atoms with Gasteiger partial charge >= 0.3 is 0 Å². The zero-order valence-electron chi connectivity index (χ0n) is 11.6. The fraction of sp³-hybridized carbons (Fsp3) is 0.625. The molecule has 1 atom stereocenters. The molecule has 1 N–H and O–H groups in total. The molecule has 0 amide bonds. The number of aryl methyl sites for hydroxylation is 1. The first-order valence-corrected chi connectivity index (χ1v) is 7.20. The highest BCUT2D eigenvalue weighted by Gasteiger charge is 2.30. The molecule has 1 aliphatic rings. The second-order valence-corrected chi connectivity index (χ2v) is 5.45. The van der Waals surface area contributed by atoms with Crippen molar-refractivity contribution >= 4 is 0 Å². The zero-order valence-corrected chi connectivity index (χ0v) is 11.6. The first kappa shape index (κ1) is 13.6. The molecule has 0 heterocycles. The Hall–Kier alpha value is -0.860. The number of benzene rings is 1. The molecule has 1 aromatic rings. The van der Waals surface area contributed by atoms with Gasteiger partial charge in [0.15, 0.2) is 0 Å². The summed E-state index contributed by atoms with van der Waals surface area (Å²) in [5, 5.41) is 10.4. The van der Waals surface area contributed by atoms with Crippen LogP contribution in [0.25, 0.3) is 0 Å². The van der Waals surface area contributed by atoms with Gasteiger partial charge in [-0.2, -0.15) is 0 Å². The average Bonchev–Trinajstić information content (AvgIpc) is 3.19. The number of aliphatic hydroxyl groups is 1. The Kier molecular flexibility index (Phi) is 4.79. The van der Waals surface area contributed by atoms with Crippen molar-refractivity contribution in [2.24, 2.45) is 0 Å². The van der Waals surface area contributed by atoms with Gasteiger partial charge in [0.25, 0.3) is 0 Å². The van der Waals surface area contributed by atoms with Crippen LogP contribution in [-0.4, -0.2) is 29.1 Å². The van der Waals surface area contributed by atoms with Crippen molar-refractivity contribution < 1.29 is 5.11 Å². The standard InChI is InChI=1S/C16H25NO/c1-3-4-11-17(14-9-10-14)12-16(18)15-8-6-5-7-13(15)2/h5-8,14,16,18H,3-4,9-12H2,1-2H3. The number of nitrogens with zero attached hydrogens (tertiary/aromatic N) is 1. The van der Waals surface area contributed by atoms with Crippen LogP contribution in [0.4, 0.5) is 0 Å². The SMILES string of the molecule is CCCCN(CC(O)c1ccccc1C)C1CC1. The molecule has 2 heteroatoms. The van der Waals surface area contributed by atoms with E-state index < -0.39 is 0 Å². The van der Waals surface area contributed by atoms with Gasteiger partial charge in [0.05, 0.1) is 6.10 Å². The van der Waals surface area contributed by atoms with Crippen LogP contribution in [0.1, 0.15) is 49.8 Å². The fourth-order valence-corrected chi connectivity index (χ4v) is 2.50. The maximum absolute atomic E-state index is 10.4. The summed E-state index contributed by atoms with van der Waals surface area (Å²) in [4.78, 5) is 2.47. The molecule has 0 saturated heterocycles. The first-order chi connectivity index (χ1) is 8.72. The Bertz CT molecular complexity index is 373. The molecule has 0 aromatic heterocycles. The van der Waals surface area contributed by atoms with E-state index in [1.54, 1.807) is 0 Å². The molecule has 18 heavy (non-hydrogen) atoms. The lowest BCUT2D eigenvalue weighted by Gasteiger charge is -2.25. The summed E-state index contributed by atoms with van der Waals surface area (Å²) in [5.74, 6) is 0. The molecule has 0 aliphatic heterocycles. The maximum atomic E-state index is 10.4. The minimum atomic E-state index is -0.344. The van der Waals surface area contributed by atoms with Crippen LogP contribution in [0.2, 0.25) is 0 Å².